The Hall–Kier alpha value is -2.32. The minimum absolute atomic E-state index is 0.260. The molecule has 1 aromatic heterocycles. The molecule has 156 valence electrons. The number of benzene rings is 1. The van der Waals surface area contributed by atoms with Gasteiger partial charge in [0.15, 0.2) is 0 Å². The van der Waals surface area contributed by atoms with E-state index >= 15 is 0 Å². The molecule has 1 aliphatic heterocycles. The molecule has 0 radical (unpaired) electrons. The quantitative estimate of drug-likeness (QED) is 0.561. The number of hydrogen-bond acceptors (Lipinski definition) is 7. The maximum Gasteiger partial charge on any atom is 0.410 e. The third-order valence-electron chi connectivity index (χ3n) is 4.26. The van der Waals surface area contributed by atoms with Gasteiger partial charge in [0, 0.05) is 42.8 Å². The first kappa shape index (κ1) is 21.4. The number of ether oxygens (including phenoxy) is 1. The number of halogens is 1. The van der Waals surface area contributed by atoms with Crippen molar-refractivity contribution in [2.75, 3.05) is 36.5 Å². The first-order valence-electron chi connectivity index (χ1n) is 9.45. The van der Waals surface area contributed by atoms with Crippen LogP contribution in [0.25, 0.3) is 0 Å². The standard InChI is InChI=1S/C20H26ClN5O2S/c1-14-13-29-18(23-14)24-22-12-15-5-6-16(11-17(15)21)25-7-9-26(10-8-25)19(27)28-20(2,3)4/h5-6,11-13H,7-10H2,1-4H3,(H,23,24). The fourth-order valence-corrected chi connectivity index (χ4v) is 3.71. The van der Waals surface area contributed by atoms with E-state index in [1.807, 2.05) is 51.3 Å². The highest BCUT2D eigenvalue weighted by atomic mass is 35.5. The molecule has 9 heteroatoms. The summed E-state index contributed by atoms with van der Waals surface area (Å²) >= 11 is 7.95. The smallest absolute Gasteiger partial charge is 0.410 e. The monoisotopic (exact) mass is 435 g/mol. The number of aryl methyl sites for hydroxylation is 1. The van der Waals surface area contributed by atoms with Crippen LogP contribution in [0, 0.1) is 6.92 Å². The van der Waals surface area contributed by atoms with Crippen molar-refractivity contribution >= 4 is 46.1 Å². The first-order valence-corrected chi connectivity index (χ1v) is 10.7. The number of anilines is 2. The first-order chi connectivity index (χ1) is 13.7. The van der Waals surface area contributed by atoms with Gasteiger partial charge in [0.05, 0.1) is 16.9 Å². The van der Waals surface area contributed by atoms with Crippen molar-refractivity contribution in [1.29, 1.82) is 0 Å². The predicted octanol–water partition coefficient (Wildman–Crippen LogP) is 4.61. The van der Waals surface area contributed by atoms with Gasteiger partial charge in [-0.1, -0.05) is 11.6 Å². The van der Waals surface area contributed by atoms with Gasteiger partial charge in [-0.05, 0) is 45.9 Å². The Morgan fingerprint density at radius 1 is 1.31 bits per heavy atom. The molecule has 3 rings (SSSR count). The fourth-order valence-electron chi connectivity index (χ4n) is 2.85. The largest absolute Gasteiger partial charge is 0.444 e. The van der Waals surface area contributed by atoms with E-state index in [-0.39, 0.29) is 6.09 Å². The lowest BCUT2D eigenvalue weighted by atomic mass is 10.2. The van der Waals surface area contributed by atoms with Crippen molar-refractivity contribution in [3.8, 4) is 0 Å². The fraction of sp³-hybridized carbons (Fsp3) is 0.450. The predicted molar refractivity (Wildman–Crippen MR) is 120 cm³/mol. The SMILES string of the molecule is Cc1csc(NN=Cc2ccc(N3CCN(C(=O)OC(C)(C)C)CC3)cc2Cl)n1. The zero-order valence-corrected chi connectivity index (χ0v) is 18.7. The van der Waals surface area contributed by atoms with Crippen LogP contribution in [0.4, 0.5) is 15.6 Å². The Labute approximate surface area is 180 Å². The molecular formula is C20H26ClN5O2S. The van der Waals surface area contributed by atoms with Gasteiger partial charge in [0.2, 0.25) is 5.13 Å². The van der Waals surface area contributed by atoms with E-state index < -0.39 is 5.60 Å². The van der Waals surface area contributed by atoms with Crippen molar-refractivity contribution in [2.24, 2.45) is 5.10 Å². The molecule has 1 fully saturated rings. The van der Waals surface area contributed by atoms with Crippen LogP contribution < -0.4 is 10.3 Å². The Balaban J connectivity index is 1.56. The van der Waals surface area contributed by atoms with Crippen LogP contribution in [-0.4, -0.2) is 54.0 Å². The van der Waals surface area contributed by atoms with Crippen LogP contribution in [0.3, 0.4) is 0 Å². The number of thiazole rings is 1. The van der Waals surface area contributed by atoms with E-state index in [9.17, 15) is 4.79 Å². The lowest BCUT2D eigenvalue weighted by Gasteiger charge is -2.36. The number of hydrazone groups is 1. The Bertz CT molecular complexity index is 885. The van der Waals surface area contributed by atoms with Crippen LogP contribution in [0.5, 0.6) is 0 Å². The summed E-state index contributed by atoms with van der Waals surface area (Å²) in [5.41, 5.74) is 5.24. The van der Waals surface area contributed by atoms with Crippen molar-refractivity contribution in [3.05, 3.63) is 39.9 Å². The highest BCUT2D eigenvalue weighted by Crippen LogP contribution is 2.24. The Morgan fingerprint density at radius 2 is 2.03 bits per heavy atom. The van der Waals surface area contributed by atoms with E-state index in [0.29, 0.717) is 18.1 Å². The lowest BCUT2D eigenvalue weighted by Crippen LogP contribution is -2.50. The Morgan fingerprint density at radius 3 is 2.62 bits per heavy atom. The maximum atomic E-state index is 12.2. The number of nitrogens with zero attached hydrogens (tertiary/aromatic N) is 4. The lowest BCUT2D eigenvalue weighted by molar-refractivity contribution is 0.0240. The Kier molecular flexibility index (Phi) is 6.64. The summed E-state index contributed by atoms with van der Waals surface area (Å²) < 4.78 is 5.45. The molecule has 0 saturated carbocycles. The van der Waals surface area contributed by atoms with E-state index in [1.165, 1.54) is 11.3 Å². The number of carbonyl (C=O) groups is 1. The van der Waals surface area contributed by atoms with Crippen molar-refractivity contribution in [1.82, 2.24) is 9.88 Å². The average Bonchev–Trinajstić information content (AvgIpc) is 3.07. The van der Waals surface area contributed by atoms with Crippen LogP contribution in [-0.2, 0) is 4.74 Å². The second-order valence-corrected chi connectivity index (χ2v) is 9.09. The third-order valence-corrected chi connectivity index (χ3v) is 5.46. The van der Waals surface area contributed by atoms with Gasteiger partial charge < -0.3 is 14.5 Å². The zero-order chi connectivity index (χ0) is 21.0. The molecule has 0 aliphatic carbocycles. The molecule has 0 bridgehead atoms. The van der Waals surface area contributed by atoms with Crippen LogP contribution >= 0.6 is 22.9 Å². The van der Waals surface area contributed by atoms with E-state index in [4.69, 9.17) is 16.3 Å². The number of rotatable bonds is 4. The second-order valence-electron chi connectivity index (χ2n) is 7.82. The van der Waals surface area contributed by atoms with Crippen LogP contribution in [0.2, 0.25) is 5.02 Å². The summed E-state index contributed by atoms with van der Waals surface area (Å²) in [7, 11) is 0. The summed E-state index contributed by atoms with van der Waals surface area (Å²) in [6.07, 6.45) is 1.42. The molecule has 1 N–H and O–H groups in total. The summed E-state index contributed by atoms with van der Waals surface area (Å²) in [6, 6.07) is 5.89. The molecule has 1 aliphatic rings. The molecule has 0 spiro atoms. The average molecular weight is 436 g/mol. The number of amides is 1. The molecule has 1 amide bonds. The minimum atomic E-state index is -0.480. The molecular weight excluding hydrogens is 410 g/mol. The summed E-state index contributed by atoms with van der Waals surface area (Å²) in [5, 5.41) is 7.53. The molecule has 29 heavy (non-hydrogen) atoms. The van der Waals surface area contributed by atoms with Gasteiger partial charge in [0.1, 0.15) is 5.60 Å². The normalized spacial score (nSPS) is 15.1. The number of aromatic nitrogens is 1. The zero-order valence-electron chi connectivity index (χ0n) is 17.1. The van der Waals surface area contributed by atoms with Gasteiger partial charge in [-0.2, -0.15) is 5.10 Å². The highest BCUT2D eigenvalue weighted by Gasteiger charge is 2.26. The third kappa shape index (κ3) is 6.08. The number of nitrogens with one attached hydrogen (secondary N) is 1. The summed E-state index contributed by atoms with van der Waals surface area (Å²) in [4.78, 5) is 20.5. The molecule has 1 aromatic carbocycles. The van der Waals surface area contributed by atoms with Gasteiger partial charge in [-0.25, -0.2) is 9.78 Å². The topological polar surface area (TPSA) is 70.1 Å². The van der Waals surface area contributed by atoms with Gasteiger partial charge in [0.25, 0.3) is 0 Å². The van der Waals surface area contributed by atoms with E-state index in [0.717, 1.165) is 35.2 Å². The maximum absolute atomic E-state index is 12.2. The molecule has 0 unspecified atom stereocenters. The molecule has 2 heterocycles. The van der Waals surface area contributed by atoms with Gasteiger partial charge in [-0.15, -0.1) is 11.3 Å². The van der Waals surface area contributed by atoms with Crippen molar-refractivity contribution in [3.63, 3.8) is 0 Å². The van der Waals surface area contributed by atoms with E-state index in [2.05, 4.69) is 20.4 Å². The molecule has 2 aromatic rings. The number of hydrogen-bond donors (Lipinski definition) is 1. The summed E-state index contributed by atoms with van der Waals surface area (Å²) in [6.45, 7) is 10.3. The van der Waals surface area contributed by atoms with Crippen LogP contribution in [0.1, 0.15) is 32.0 Å². The second kappa shape index (κ2) is 9.00. The van der Waals surface area contributed by atoms with Crippen LogP contribution in [0.15, 0.2) is 28.7 Å². The van der Waals surface area contributed by atoms with E-state index in [1.54, 1.807) is 11.1 Å². The minimum Gasteiger partial charge on any atom is -0.444 e. The van der Waals surface area contributed by atoms with Crippen molar-refractivity contribution in [2.45, 2.75) is 33.3 Å². The highest BCUT2D eigenvalue weighted by molar-refractivity contribution is 7.13. The molecule has 7 nitrogen and oxygen atoms in total. The van der Waals surface area contributed by atoms with Gasteiger partial charge in [-0.3, -0.25) is 5.43 Å². The van der Waals surface area contributed by atoms with Gasteiger partial charge >= 0.3 is 6.09 Å². The van der Waals surface area contributed by atoms with Crippen molar-refractivity contribution < 1.29 is 9.53 Å². The number of carbonyl (C=O) groups excluding carboxylic acids is 1. The number of piperazine rings is 1. The molecule has 1 saturated heterocycles. The summed E-state index contributed by atoms with van der Waals surface area (Å²) in [5.74, 6) is 0. The molecule has 0 atom stereocenters.